The molecule has 0 saturated heterocycles. The van der Waals surface area contributed by atoms with Crippen molar-refractivity contribution in [3.63, 3.8) is 0 Å². The van der Waals surface area contributed by atoms with E-state index in [1.54, 1.807) is 5.01 Å². The van der Waals surface area contributed by atoms with Crippen molar-refractivity contribution in [3.8, 4) is 5.75 Å². The van der Waals surface area contributed by atoms with Crippen molar-refractivity contribution in [3.05, 3.63) is 24.3 Å². The number of rotatable bonds is 4. The van der Waals surface area contributed by atoms with E-state index in [1.165, 1.54) is 0 Å². The molecule has 0 spiro atoms. The molecule has 0 heterocycles. The van der Waals surface area contributed by atoms with Gasteiger partial charge < -0.3 is 10.5 Å². The highest BCUT2D eigenvalue weighted by molar-refractivity contribution is 7.80. The molecule has 0 aliphatic carbocycles. The van der Waals surface area contributed by atoms with Crippen molar-refractivity contribution in [1.29, 1.82) is 0 Å². The first-order valence-corrected chi connectivity index (χ1v) is 6.34. The van der Waals surface area contributed by atoms with Crippen molar-refractivity contribution in [2.24, 2.45) is 5.73 Å². The lowest BCUT2D eigenvalue weighted by atomic mass is 10.1. The zero-order valence-electron chi connectivity index (χ0n) is 11.4. The molecular formula is C13H21N3OS. The SMILES string of the molecule is CCOc1ccc(N(NC(C)(C)C)C(N)=S)cc1. The lowest BCUT2D eigenvalue weighted by molar-refractivity contribution is 0.340. The van der Waals surface area contributed by atoms with Crippen molar-refractivity contribution >= 4 is 23.0 Å². The van der Waals surface area contributed by atoms with Crippen molar-refractivity contribution in [1.82, 2.24) is 5.43 Å². The fourth-order valence-corrected chi connectivity index (χ4v) is 1.59. The summed E-state index contributed by atoms with van der Waals surface area (Å²) in [4.78, 5) is 0. The minimum Gasteiger partial charge on any atom is -0.494 e. The molecule has 4 nitrogen and oxygen atoms in total. The maximum Gasteiger partial charge on any atom is 0.185 e. The largest absolute Gasteiger partial charge is 0.494 e. The van der Waals surface area contributed by atoms with E-state index in [9.17, 15) is 0 Å². The second kappa shape index (κ2) is 6.02. The lowest BCUT2D eigenvalue weighted by Crippen LogP contribution is -2.54. The predicted molar refractivity (Wildman–Crippen MR) is 79.8 cm³/mol. The maximum atomic E-state index is 5.74. The molecule has 0 atom stereocenters. The number of benzene rings is 1. The molecule has 0 fully saturated rings. The summed E-state index contributed by atoms with van der Waals surface area (Å²) in [6.45, 7) is 8.75. The van der Waals surface area contributed by atoms with Crippen molar-refractivity contribution in [2.45, 2.75) is 33.2 Å². The molecule has 0 amide bonds. The molecule has 100 valence electrons. The molecule has 0 saturated carbocycles. The predicted octanol–water partition coefficient (Wildman–Crippen LogP) is 2.44. The van der Waals surface area contributed by atoms with Crippen LogP contribution in [0.3, 0.4) is 0 Å². The molecule has 0 aliphatic rings. The first kappa shape index (κ1) is 14.7. The van der Waals surface area contributed by atoms with Crippen LogP contribution < -0.4 is 20.9 Å². The summed E-state index contributed by atoms with van der Waals surface area (Å²) in [7, 11) is 0. The number of anilines is 1. The number of ether oxygens (including phenoxy) is 1. The van der Waals surface area contributed by atoms with Crippen molar-refractivity contribution in [2.75, 3.05) is 11.6 Å². The van der Waals surface area contributed by atoms with Gasteiger partial charge in [0.15, 0.2) is 5.11 Å². The van der Waals surface area contributed by atoms with Gasteiger partial charge in [-0.05, 0) is 64.2 Å². The quantitative estimate of drug-likeness (QED) is 0.648. The molecule has 0 aliphatic heterocycles. The molecular weight excluding hydrogens is 246 g/mol. The summed E-state index contributed by atoms with van der Waals surface area (Å²) in [5, 5.41) is 1.99. The number of hydrogen-bond acceptors (Lipinski definition) is 3. The van der Waals surface area contributed by atoms with Gasteiger partial charge >= 0.3 is 0 Å². The third kappa shape index (κ3) is 4.50. The minimum atomic E-state index is -0.123. The van der Waals surface area contributed by atoms with Crippen LogP contribution in [-0.2, 0) is 0 Å². The number of thiocarbonyl (C=S) groups is 1. The summed E-state index contributed by atoms with van der Waals surface area (Å²) in [6, 6.07) is 7.63. The normalized spacial score (nSPS) is 11.1. The van der Waals surface area contributed by atoms with Gasteiger partial charge in [0.25, 0.3) is 0 Å². The fourth-order valence-electron chi connectivity index (χ4n) is 1.44. The summed E-state index contributed by atoms with van der Waals surface area (Å²) >= 11 is 5.06. The smallest absolute Gasteiger partial charge is 0.185 e. The number of nitrogens with zero attached hydrogens (tertiary/aromatic N) is 1. The topological polar surface area (TPSA) is 50.5 Å². The lowest BCUT2D eigenvalue weighted by Gasteiger charge is -2.32. The molecule has 1 rings (SSSR count). The third-order valence-electron chi connectivity index (χ3n) is 2.07. The van der Waals surface area contributed by atoms with E-state index in [4.69, 9.17) is 22.7 Å². The summed E-state index contributed by atoms with van der Waals surface area (Å²) < 4.78 is 5.40. The Bertz CT molecular complexity index is 398. The van der Waals surface area contributed by atoms with Crippen molar-refractivity contribution < 1.29 is 4.74 Å². The van der Waals surface area contributed by atoms with E-state index in [0.29, 0.717) is 6.61 Å². The maximum absolute atomic E-state index is 5.74. The molecule has 0 radical (unpaired) electrons. The highest BCUT2D eigenvalue weighted by Crippen LogP contribution is 2.19. The number of hydrazine groups is 1. The molecule has 0 unspecified atom stereocenters. The summed E-state index contributed by atoms with van der Waals surface area (Å²) in [5.74, 6) is 0.833. The first-order chi connectivity index (χ1) is 8.33. The number of hydrogen-bond donors (Lipinski definition) is 2. The second-order valence-electron chi connectivity index (χ2n) is 4.96. The van der Waals surface area contributed by atoms with Gasteiger partial charge in [-0.1, -0.05) is 0 Å². The van der Waals surface area contributed by atoms with Crippen LogP contribution in [0, 0.1) is 0 Å². The molecule has 3 N–H and O–H groups in total. The van der Waals surface area contributed by atoms with E-state index in [1.807, 2.05) is 52.0 Å². The molecule has 0 bridgehead atoms. The Hall–Kier alpha value is -1.33. The number of nitrogens with one attached hydrogen (secondary N) is 1. The van der Waals surface area contributed by atoms with Crippen LogP contribution in [0.1, 0.15) is 27.7 Å². The van der Waals surface area contributed by atoms with Crippen LogP contribution in [0.4, 0.5) is 5.69 Å². The Morgan fingerprint density at radius 1 is 1.33 bits per heavy atom. The van der Waals surface area contributed by atoms with Gasteiger partial charge in [-0.2, -0.15) is 0 Å². The average molecular weight is 267 g/mol. The van der Waals surface area contributed by atoms with Gasteiger partial charge in [0.05, 0.1) is 12.3 Å². The zero-order chi connectivity index (χ0) is 13.8. The van der Waals surface area contributed by atoms with Gasteiger partial charge in [-0.25, -0.2) is 5.43 Å². The van der Waals surface area contributed by atoms with Crippen LogP contribution in [0.5, 0.6) is 5.75 Å². The molecule has 1 aromatic carbocycles. The van der Waals surface area contributed by atoms with Crippen LogP contribution >= 0.6 is 12.2 Å². The second-order valence-corrected chi connectivity index (χ2v) is 5.38. The van der Waals surface area contributed by atoms with Gasteiger partial charge in [0.1, 0.15) is 5.75 Å². The Balaban J connectivity index is 2.89. The Labute approximate surface area is 114 Å². The molecule has 1 aromatic rings. The molecule has 0 aromatic heterocycles. The Morgan fingerprint density at radius 2 is 1.89 bits per heavy atom. The van der Waals surface area contributed by atoms with E-state index in [2.05, 4.69) is 5.43 Å². The van der Waals surface area contributed by atoms with Crippen LogP contribution in [-0.4, -0.2) is 17.3 Å². The van der Waals surface area contributed by atoms with Gasteiger partial charge in [-0.15, -0.1) is 0 Å². The first-order valence-electron chi connectivity index (χ1n) is 5.93. The van der Waals surface area contributed by atoms with E-state index >= 15 is 0 Å². The highest BCUT2D eigenvalue weighted by atomic mass is 32.1. The van der Waals surface area contributed by atoms with Gasteiger partial charge in [0.2, 0.25) is 0 Å². The van der Waals surface area contributed by atoms with E-state index in [-0.39, 0.29) is 10.7 Å². The van der Waals surface area contributed by atoms with Gasteiger partial charge in [-0.3, -0.25) is 5.01 Å². The Kier molecular flexibility index (Phi) is 4.93. The fraction of sp³-hybridized carbons (Fsp3) is 0.462. The monoisotopic (exact) mass is 267 g/mol. The highest BCUT2D eigenvalue weighted by Gasteiger charge is 2.17. The molecule has 18 heavy (non-hydrogen) atoms. The van der Waals surface area contributed by atoms with Crippen LogP contribution in [0.15, 0.2) is 24.3 Å². The summed E-state index contributed by atoms with van der Waals surface area (Å²) in [5.41, 5.74) is 9.75. The van der Waals surface area contributed by atoms with Crippen LogP contribution in [0.2, 0.25) is 0 Å². The zero-order valence-corrected chi connectivity index (χ0v) is 12.2. The van der Waals surface area contributed by atoms with Gasteiger partial charge in [0, 0.05) is 5.54 Å². The van der Waals surface area contributed by atoms with Crippen LogP contribution in [0.25, 0.3) is 0 Å². The molecule has 5 heteroatoms. The van der Waals surface area contributed by atoms with E-state index < -0.39 is 0 Å². The third-order valence-corrected chi connectivity index (χ3v) is 2.26. The number of nitrogens with two attached hydrogens (primary N) is 1. The average Bonchev–Trinajstić information content (AvgIpc) is 2.26. The standard InChI is InChI=1S/C13H21N3OS/c1-5-17-11-8-6-10(7-9-11)16(12(14)18)15-13(2,3)4/h6-9,15H,5H2,1-4H3,(H2,14,18). The van der Waals surface area contributed by atoms with E-state index in [0.717, 1.165) is 11.4 Å². The minimum absolute atomic E-state index is 0.123. The Morgan fingerprint density at radius 3 is 2.28 bits per heavy atom. The summed E-state index contributed by atoms with van der Waals surface area (Å²) in [6.07, 6.45) is 0.